The summed E-state index contributed by atoms with van der Waals surface area (Å²) in [6.45, 7) is 0.155. The molecule has 8 nitrogen and oxygen atoms in total. The average Bonchev–Trinajstić information content (AvgIpc) is 2.72. The molecule has 10 heteroatoms. The number of anilines is 1. The molecular formula is C14H15F2N3O5. The number of imide groups is 1. The molecule has 0 bridgehead atoms. The van der Waals surface area contributed by atoms with E-state index in [-0.39, 0.29) is 24.1 Å². The van der Waals surface area contributed by atoms with Gasteiger partial charge in [-0.05, 0) is 19.9 Å². The van der Waals surface area contributed by atoms with Crippen LogP contribution in [0.5, 0.6) is 5.75 Å². The second-order valence-electron chi connectivity index (χ2n) is 5.41. The zero-order valence-electron chi connectivity index (χ0n) is 12.9. The first-order valence-corrected chi connectivity index (χ1v) is 7.06. The Hall–Kier alpha value is -2.78. The van der Waals surface area contributed by atoms with E-state index in [4.69, 9.17) is 0 Å². The fraction of sp³-hybridized carbons (Fsp3) is 0.429. The van der Waals surface area contributed by atoms with Crippen molar-refractivity contribution in [3.05, 3.63) is 28.3 Å². The van der Waals surface area contributed by atoms with Crippen molar-refractivity contribution in [2.24, 2.45) is 0 Å². The first-order valence-electron chi connectivity index (χ1n) is 7.06. The van der Waals surface area contributed by atoms with Crippen LogP contribution in [-0.4, -0.2) is 40.3 Å². The van der Waals surface area contributed by atoms with Gasteiger partial charge in [-0.15, -0.1) is 0 Å². The zero-order chi connectivity index (χ0) is 18.0. The highest BCUT2D eigenvalue weighted by molar-refractivity contribution is 6.07. The number of nitrogens with one attached hydrogen (secondary N) is 1. The Balaban J connectivity index is 2.23. The fourth-order valence-electron chi connectivity index (χ4n) is 2.45. The van der Waals surface area contributed by atoms with Gasteiger partial charge in [0.05, 0.1) is 11.3 Å². The molecule has 24 heavy (non-hydrogen) atoms. The summed E-state index contributed by atoms with van der Waals surface area (Å²) in [5.41, 5.74) is -0.466. The number of nitro groups is 1. The van der Waals surface area contributed by atoms with Crippen LogP contribution in [0.25, 0.3) is 0 Å². The molecule has 1 unspecified atom stereocenters. The van der Waals surface area contributed by atoms with Crippen LogP contribution in [0.3, 0.4) is 0 Å². The number of ether oxygens (including phenoxy) is 1. The summed E-state index contributed by atoms with van der Waals surface area (Å²) < 4.78 is 28.9. The van der Waals surface area contributed by atoms with Gasteiger partial charge >= 0.3 is 12.3 Å². The van der Waals surface area contributed by atoms with Crippen LogP contribution in [0.2, 0.25) is 0 Å². The number of hydrogen-bond acceptors (Lipinski definition) is 6. The molecule has 0 aliphatic carbocycles. The number of hydrogen-bond donors (Lipinski definition) is 1. The molecule has 1 saturated heterocycles. The van der Waals surface area contributed by atoms with Gasteiger partial charge < -0.3 is 10.1 Å². The summed E-state index contributed by atoms with van der Waals surface area (Å²) in [6, 6.07) is 2.08. The smallest absolute Gasteiger partial charge is 0.387 e. The summed E-state index contributed by atoms with van der Waals surface area (Å²) in [7, 11) is 0. The molecule has 2 amide bonds. The molecule has 2 rings (SSSR count). The second-order valence-corrected chi connectivity index (χ2v) is 5.41. The number of halogens is 2. The second kappa shape index (κ2) is 6.77. The third-order valence-corrected chi connectivity index (χ3v) is 3.41. The molecule has 1 fully saturated rings. The lowest BCUT2D eigenvalue weighted by molar-refractivity contribution is -0.386. The van der Waals surface area contributed by atoms with Crippen molar-refractivity contribution in [2.75, 3.05) is 5.32 Å². The Kier molecular flexibility index (Phi) is 4.96. The van der Waals surface area contributed by atoms with Crippen molar-refractivity contribution in [3.8, 4) is 5.75 Å². The van der Waals surface area contributed by atoms with Gasteiger partial charge in [-0.25, -0.2) is 0 Å². The summed E-state index contributed by atoms with van der Waals surface area (Å²) >= 11 is 0. The van der Waals surface area contributed by atoms with Gasteiger partial charge in [-0.2, -0.15) is 8.78 Å². The molecule has 0 aromatic heterocycles. The minimum absolute atomic E-state index is 0.0843. The van der Waals surface area contributed by atoms with Crippen molar-refractivity contribution < 1.29 is 28.0 Å². The maximum Gasteiger partial charge on any atom is 0.387 e. The van der Waals surface area contributed by atoms with Crippen LogP contribution in [0, 0.1) is 10.1 Å². The molecular weight excluding hydrogens is 328 g/mol. The van der Waals surface area contributed by atoms with Gasteiger partial charge in [0.2, 0.25) is 11.7 Å². The molecule has 1 N–H and O–H groups in total. The largest absolute Gasteiger partial charge is 0.427 e. The fourth-order valence-corrected chi connectivity index (χ4v) is 2.45. The number of nitrogens with zero attached hydrogens (tertiary/aromatic N) is 2. The summed E-state index contributed by atoms with van der Waals surface area (Å²) in [4.78, 5) is 35.1. The van der Waals surface area contributed by atoms with E-state index in [1.807, 2.05) is 0 Å². The highest BCUT2D eigenvalue weighted by Gasteiger charge is 2.40. The summed E-state index contributed by atoms with van der Waals surface area (Å²) in [5, 5.41) is 13.6. The first-order chi connectivity index (χ1) is 11.2. The quantitative estimate of drug-likeness (QED) is 0.482. The normalized spacial score (nSPS) is 17.8. The number of amides is 2. The van der Waals surface area contributed by atoms with E-state index in [0.717, 1.165) is 17.0 Å². The summed E-state index contributed by atoms with van der Waals surface area (Å²) in [6.07, 6.45) is -0.0843. The van der Waals surface area contributed by atoms with E-state index in [2.05, 4.69) is 10.1 Å². The Morgan fingerprint density at radius 1 is 1.38 bits per heavy atom. The third kappa shape index (κ3) is 3.58. The number of alkyl halides is 2. The predicted molar refractivity (Wildman–Crippen MR) is 78.7 cm³/mol. The highest BCUT2D eigenvalue weighted by Crippen LogP contribution is 2.32. The molecule has 1 heterocycles. The van der Waals surface area contributed by atoms with Gasteiger partial charge in [-0.1, -0.05) is 0 Å². The van der Waals surface area contributed by atoms with E-state index in [0.29, 0.717) is 0 Å². The van der Waals surface area contributed by atoms with E-state index in [1.54, 1.807) is 13.8 Å². The molecule has 0 saturated carbocycles. The topological polar surface area (TPSA) is 102 Å². The Morgan fingerprint density at radius 3 is 2.54 bits per heavy atom. The van der Waals surface area contributed by atoms with Gasteiger partial charge in [0, 0.05) is 23.9 Å². The molecule has 1 aliphatic heterocycles. The number of carbonyl (C=O) groups is 2. The van der Waals surface area contributed by atoms with E-state index in [9.17, 15) is 28.5 Å². The monoisotopic (exact) mass is 343 g/mol. The molecule has 1 atom stereocenters. The molecule has 1 aromatic carbocycles. The first kappa shape index (κ1) is 17.6. The molecule has 1 aromatic rings. The van der Waals surface area contributed by atoms with Gasteiger partial charge in [0.25, 0.3) is 5.91 Å². The minimum atomic E-state index is -3.23. The number of rotatable bonds is 6. The summed E-state index contributed by atoms with van der Waals surface area (Å²) in [5.74, 6) is -1.42. The number of likely N-dealkylation sites (tertiary alicyclic amines) is 1. The maximum atomic E-state index is 12.4. The van der Waals surface area contributed by atoms with Gasteiger partial charge in [-0.3, -0.25) is 24.6 Å². The Morgan fingerprint density at radius 2 is 2.04 bits per heavy atom. The lowest BCUT2D eigenvalue weighted by Crippen LogP contribution is -2.39. The number of carbonyl (C=O) groups excluding carboxylic acids is 2. The van der Waals surface area contributed by atoms with Crippen LogP contribution in [0.1, 0.15) is 20.3 Å². The lowest BCUT2D eigenvalue weighted by Gasteiger charge is -2.19. The van der Waals surface area contributed by atoms with Crippen LogP contribution < -0.4 is 10.1 Å². The highest BCUT2D eigenvalue weighted by atomic mass is 19.3. The van der Waals surface area contributed by atoms with E-state index < -0.39 is 34.9 Å². The van der Waals surface area contributed by atoms with Crippen molar-refractivity contribution in [1.82, 2.24) is 4.90 Å². The minimum Gasteiger partial charge on any atom is -0.427 e. The Labute approximate surface area is 135 Å². The van der Waals surface area contributed by atoms with Crippen molar-refractivity contribution in [1.29, 1.82) is 0 Å². The Bertz CT molecular complexity index is 680. The molecule has 0 spiro atoms. The van der Waals surface area contributed by atoms with Crippen LogP contribution in [0.15, 0.2) is 18.2 Å². The number of benzene rings is 1. The molecule has 130 valence electrons. The van der Waals surface area contributed by atoms with Crippen LogP contribution >= 0.6 is 0 Å². The van der Waals surface area contributed by atoms with Crippen LogP contribution in [-0.2, 0) is 9.59 Å². The van der Waals surface area contributed by atoms with Crippen LogP contribution in [0.4, 0.5) is 20.2 Å². The predicted octanol–water partition coefficient (Wildman–Crippen LogP) is 2.14. The SMILES string of the molecule is CC(C)N1C(=O)CC(Nc2ccc([N+](=O)[O-])c(OC(F)F)c2)C1=O. The average molecular weight is 343 g/mol. The van der Waals surface area contributed by atoms with E-state index >= 15 is 0 Å². The van der Waals surface area contributed by atoms with Crippen molar-refractivity contribution in [3.63, 3.8) is 0 Å². The molecule has 1 aliphatic rings. The van der Waals surface area contributed by atoms with Crippen molar-refractivity contribution in [2.45, 2.75) is 39.0 Å². The van der Waals surface area contributed by atoms with Gasteiger partial charge in [0.15, 0.2) is 0 Å². The number of nitro benzene ring substituents is 1. The zero-order valence-corrected chi connectivity index (χ0v) is 12.9. The molecule has 0 radical (unpaired) electrons. The van der Waals surface area contributed by atoms with E-state index in [1.165, 1.54) is 6.07 Å². The third-order valence-electron chi connectivity index (χ3n) is 3.41. The lowest BCUT2D eigenvalue weighted by atomic mass is 10.2. The standard InChI is InChI=1S/C14H15F2N3O5/c1-7(2)18-12(20)6-9(13(18)21)17-8-3-4-10(19(22)23)11(5-8)24-14(15)16/h3-5,7,9,14,17H,6H2,1-2H3. The van der Waals surface area contributed by atoms with Crippen molar-refractivity contribution >= 4 is 23.2 Å². The van der Waals surface area contributed by atoms with Gasteiger partial charge in [0.1, 0.15) is 6.04 Å². The maximum absolute atomic E-state index is 12.4.